The first-order valence-corrected chi connectivity index (χ1v) is 11.1. The Kier molecular flexibility index (Phi) is 5.97. The van der Waals surface area contributed by atoms with Crippen LogP contribution in [0.2, 0.25) is 5.02 Å². The highest BCUT2D eigenvalue weighted by atomic mass is 35.5. The van der Waals surface area contributed by atoms with E-state index in [-0.39, 0.29) is 5.91 Å². The van der Waals surface area contributed by atoms with Gasteiger partial charge in [-0.1, -0.05) is 66.2 Å². The van der Waals surface area contributed by atoms with Crippen molar-refractivity contribution in [2.75, 3.05) is 7.11 Å². The molecule has 0 bridgehead atoms. The summed E-state index contributed by atoms with van der Waals surface area (Å²) >= 11 is 6.06. The zero-order chi connectivity index (χ0) is 23.5. The SMILES string of the molecule is COc1cccc(CNC(=O)c2cc(-c3ccc(Cl)cc3)nc3n[nH]c(-c4ccccc4)c23)c1. The van der Waals surface area contributed by atoms with E-state index < -0.39 is 0 Å². The van der Waals surface area contributed by atoms with Crippen molar-refractivity contribution in [1.29, 1.82) is 0 Å². The lowest BCUT2D eigenvalue weighted by Gasteiger charge is -2.10. The van der Waals surface area contributed by atoms with Gasteiger partial charge in [-0.3, -0.25) is 9.89 Å². The van der Waals surface area contributed by atoms with Gasteiger partial charge in [0.2, 0.25) is 0 Å². The number of aromatic nitrogens is 3. The third-order valence-electron chi connectivity index (χ3n) is 5.56. The van der Waals surface area contributed by atoms with Crippen LogP contribution in [0.3, 0.4) is 0 Å². The summed E-state index contributed by atoms with van der Waals surface area (Å²) in [7, 11) is 1.62. The van der Waals surface area contributed by atoms with Crippen LogP contribution in [0.25, 0.3) is 33.5 Å². The second kappa shape index (κ2) is 9.37. The van der Waals surface area contributed by atoms with Gasteiger partial charge in [0.15, 0.2) is 5.65 Å². The van der Waals surface area contributed by atoms with Gasteiger partial charge in [0, 0.05) is 22.7 Å². The molecule has 0 fully saturated rings. The molecule has 0 aliphatic rings. The van der Waals surface area contributed by atoms with E-state index in [1.165, 1.54) is 0 Å². The zero-order valence-corrected chi connectivity index (χ0v) is 19.1. The number of pyridine rings is 1. The monoisotopic (exact) mass is 468 g/mol. The molecular formula is C27H21ClN4O2. The second-order valence-corrected chi connectivity index (χ2v) is 8.20. The fourth-order valence-corrected chi connectivity index (χ4v) is 3.97. The third kappa shape index (κ3) is 4.36. The molecule has 0 aliphatic heterocycles. The van der Waals surface area contributed by atoms with Crippen molar-refractivity contribution in [3.05, 3.63) is 101 Å². The lowest BCUT2D eigenvalue weighted by Crippen LogP contribution is -2.23. The first-order valence-electron chi connectivity index (χ1n) is 10.7. The summed E-state index contributed by atoms with van der Waals surface area (Å²) in [6.45, 7) is 0.356. The molecule has 5 aromatic rings. The molecule has 2 heterocycles. The molecule has 0 unspecified atom stereocenters. The number of hydrogen-bond acceptors (Lipinski definition) is 4. The molecule has 0 spiro atoms. The van der Waals surface area contributed by atoms with Crippen molar-refractivity contribution in [1.82, 2.24) is 20.5 Å². The van der Waals surface area contributed by atoms with E-state index >= 15 is 0 Å². The molecule has 6 nitrogen and oxygen atoms in total. The van der Waals surface area contributed by atoms with E-state index in [0.29, 0.717) is 33.9 Å². The number of carbonyl (C=O) groups is 1. The minimum absolute atomic E-state index is 0.219. The fourth-order valence-electron chi connectivity index (χ4n) is 3.85. The molecule has 5 rings (SSSR count). The van der Waals surface area contributed by atoms with Crippen LogP contribution in [0, 0.1) is 0 Å². The normalized spacial score (nSPS) is 10.9. The van der Waals surface area contributed by atoms with Crippen LogP contribution in [0.5, 0.6) is 5.75 Å². The van der Waals surface area contributed by atoms with Crippen LogP contribution in [0.1, 0.15) is 15.9 Å². The van der Waals surface area contributed by atoms with Gasteiger partial charge in [-0.2, -0.15) is 5.10 Å². The topological polar surface area (TPSA) is 79.9 Å². The number of hydrogen-bond donors (Lipinski definition) is 2. The molecule has 0 aliphatic carbocycles. The van der Waals surface area contributed by atoms with Crippen molar-refractivity contribution in [2.45, 2.75) is 6.54 Å². The molecule has 3 aromatic carbocycles. The van der Waals surface area contributed by atoms with E-state index in [1.54, 1.807) is 25.3 Å². The molecule has 0 saturated carbocycles. The molecule has 0 saturated heterocycles. The van der Waals surface area contributed by atoms with Crippen LogP contribution in [-0.4, -0.2) is 28.2 Å². The number of ether oxygens (including phenoxy) is 1. The summed E-state index contributed by atoms with van der Waals surface area (Å²) in [5.74, 6) is 0.522. The summed E-state index contributed by atoms with van der Waals surface area (Å²) in [6.07, 6.45) is 0. The summed E-state index contributed by atoms with van der Waals surface area (Å²) in [5, 5.41) is 11.8. The number of fused-ring (bicyclic) bond motifs is 1. The Morgan fingerprint density at radius 1 is 0.971 bits per heavy atom. The third-order valence-corrected chi connectivity index (χ3v) is 5.81. The minimum atomic E-state index is -0.219. The molecule has 1 amide bonds. The highest BCUT2D eigenvalue weighted by molar-refractivity contribution is 6.30. The Bertz CT molecular complexity index is 1460. The Hall–Kier alpha value is -4.16. The summed E-state index contributed by atoms with van der Waals surface area (Å²) in [4.78, 5) is 18.2. The Labute approximate surface area is 201 Å². The number of H-pyrrole nitrogens is 1. The van der Waals surface area contributed by atoms with E-state index in [0.717, 1.165) is 28.1 Å². The van der Waals surface area contributed by atoms with Crippen LogP contribution in [-0.2, 0) is 6.54 Å². The molecule has 0 atom stereocenters. The highest BCUT2D eigenvalue weighted by Gasteiger charge is 2.20. The van der Waals surface area contributed by atoms with Gasteiger partial charge in [0.05, 0.1) is 29.4 Å². The Morgan fingerprint density at radius 2 is 1.76 bits per heavy atom. The summed E-state index contributed by atoms with van der Waals surface area (Å²) in [6, 6.07) is 26.5. The minimum Gasteiger partial charge on any atom is -0.497 e. The van der Waals surface area contributed by atoms with Gasteiger partial charge in [-0.25, -0.2) is 4.98 Å². The van der Waals surface area contributed by atoms with Gasteiger partial charge < -0.3 is 10.1 Å². The van der Waals surface area contributed by atoms with Crippen LogP contribution in [0.4, 0.5) is 0 Å². The summed E-state index contributed by atoms with van der Waals surface area (Å²) in [5.41, 5.74) is 5.05. The number of carbonyl (C=O) groups excluding carboxylic acids is 1. The molecule has 168 valence electrons. The standard InChI is InChI=1S/C27H21ClN4O2/c1-34-21-9-5-6-17(14-21)16-29-27(33)22-15-23(18-10-12-20(28)13-11-18)30-26-24(22)25(31-32-26)19-7-3-2-4-8-19/h2-15H,16H2,1H3,(H,29,33)(H,30,31,32). The number of nitrogens with zero attached hydrogens (tertiary/aromatic N) is 2. The molecule has 2 aromatic heterocycles. The zero-order valence-electron chi connectivity index (χ0n) is 18.4. The fraction of sp³-hybridized carbons (Fsp3) is 0.0741. The molecule has 2 N–H and O–H groups in total. The summed E-state index contributed by atoms with van der Waals surface area (Å²) < 4.78 is 5.29. The van der Waals surface area contributed by atoms with Crippen LogP contribution < -0.4 is 10.1 Å². The maximum atomic E-state index is 13.5. The maximum Gasteiger partial charge on any atom is 0.252 e. The number of methoxy groups -OCH3 is 1. The average Bonchev–Trinajstić information content (AvgIpc) is 3.32. The van der Waals surface area contributed by atoms with Crippen LogP contribution in [0.15, 0.2) is 84.9 Å². The second-order valence-electron chi connectivity index (χ2n) is 7.76. The van der Waals surface area contributed by atoms with Gasteiger partial charge in [0.1, 0.15) is 5.75 Å². The lowest BCUT2D eigenvalue weighted by molar-refractivity contribution is 0.0952. The lowest BCUT2D eigenvalue weighted by atomic mass is 10.0. The van der Waals surface area contributed by atoms with E-state index in [1.807, 2.05) is 66.7 Å². The van der Waals surface area contributed by atoms with Crippen molar-refractivity contribution >= 4 is 28.5 Å². The molecule has 0 radical (unpaired) electrons. The first kappa shape index (κ1) is 21.7. The Morgan fingerprint density at radius 3 is 2.53 bits per heavy atom. The number of benzene rings is 3. The Balaban J connectivity index is 1.58. The van der Waals surface area contributed by atoms with Crippen molar-refractivity contribution in [2.24, 2.45) is 0 Å². The highest BCUT2D eigenvalue weighted by Crippen LogP contribution is 2.31. The van der Waals surface area contributed by atoms with Gasteiger partial charge >= 0.3 is 0 Å². The molecular weight excluding hydrogens is 448 g/mol. The number of rotatable bonds is 6. The first-order chi connectivity index (χ1) is 16.6. The van der Waals surface area contributed by atoms with E-state index in [4.69, 9.17) is 21.3 Å². The van der Waals surface area contributed by atoms with Crippen molar-refractivity contribution in [3.63, 3.8) is 0 Å². The van der Waals surface area contributed by atoms with Gasteiger partial charge in [-0.15, -0.1) is 0 Å². The quantitative estimate of drug-likeness (QED) is 0.326. The smallest absolute Gasteiger partial charge is 0.252 e. The predicted molar refractivity (Wildman–Crippen MR) is 134 cm³/mol. The average molecular weight is 469 g/mol. The molecule has 7 heteroatoms. The predicted octanol–water partition coefficient (Wildman–Crippen LogP) is 5.88. The van der Waals surface area contributed by atoms with E-state index in [9.17, 15) is 4.79 Å². The maximum absolute atomic E-state index is 13.5. The van der Waals surface area contributed by atoms with Gasteiger partial charge in [-0.05, 0) is 35.9 Å². The largest absolute Gasteiger partial charge is 0.497 e. The number of aromatic amines is 1. The number of nitrogens with one attached hydrogen (secondary N) is 2. The molecule has 34 heavy (non-hydrogen) atoms. The number of halogens is 1. The van der Waals surface area contributed by atoms with Gasteiger partial charge in [0.25, 0.3) is 5.91 Å². The van der Waals surface area contributed by atoms with E-state index in [2.05, 4.69) is 15.5 Å². The van der Waals surface area contributed by atoms with Crippen LogP contribution >= 0.6 is 11.6 Å². The number of amides is 1. The van der Waals surface area contributed by atoms with Crippen molar-refractivity contribution in [3.8, 4) is 28.3 Å². The van der Waals surface area contributed by atoms with Crippen molar-refractivity contribution < 1.29 is 9.53 Å².